The van der Waals surface area contributed by atoms with Crippen LogP contribution in [0, 0.1) is 0 Å². The van der Waals surface area contributed by atoms with Crippen molar-refractivity contribution in [2.75, 3.05) is 0 Å². The van der Waals surface area contributed by atoms with Gasteiger partial charge in [0.05, 0.1) is 5.56 Å². The molecular weight excluding hydrogens is 335 g/mol. The Kier molecular flexibility index (Phi) is 3.01. The number of pyridine rings is 1. The lowest BCUT2D eigenvalue weighted by Crippen LogP contribution is -2.06. The van der Waals surface area contributed by atoms with Crippen molar-refractivity contribution in [3.8, 4) is 11.4 Å². The van der Waals surface area contributed by atoms with Crippen molar-refractivity contribution in [3.05, 3.63) is 52.6 Å². The molecule has 20 heavy (non-hydrogen) atoms. The Hall–Kier alpha value is -1.89. The zero-order valence-electron chi connectivity index (χ0n) is 9.89. The van der Waals surface area contributed by atoms with Gasteiger partial charge in [0.1, 0.15) is 0 Å². The van der Waals surface area contributed by atoms with Crippen LogP contribution in [0.3, 0.4) is 0 Å². The summed E-state index contributed by atoms with van der Waals surface area (Å²) in [6.07, 6.45) is -3.46. The van der Waals surface area contributed by atoms with Crippen molar-refractivity contribution in [2.45, 2.75) is 6.18 Å². The minimum absolute atomic E-state index is 0.371. The van der Waals surface area contributed by atoms with E-state index in [9.17, 15) is 13.2 Å². The van der Waals surface area contributed by atoms with Gasteiger partial charge >= 0.3 is 6.18 Å². The van der Waals surface area contributed by atoms with Gasteiger partial charge in [-0.05, 0) is 24.3 Å². The van der Waals surface area contributed by atoms with Gasteiger partial charge < -0.3 is 0 Å². The van der Waals surface area contributed by atoms with E-state index >= 15 is 0 Å². The van der Waals surface area contributed by atoms with Crippen LogP contribution in [0.4, 0.5) is 13.2 Å². The number of nitrogens with zero attached hydrogens (tertiary/aromatic N) is 3. The van der Waals surface area contributed by atoms with Crippen molar-refractivity contribution in [2.24, 2.45) is 0 Å². The maximum atomic E-state index is 12.6. The Morgan fingerprint density at radius 2 is 1.70 bits per heavy atom. The van der Waals surface area contributed by atoms with Crippen molar-refractivity contribution >= 4 is 21.6 Å². The summed E-state index contributed by atoms with van der Waals surface area (Å²) in [5.41, 5.74) is 0.360. The van der Waals surface area contributed by atoms with Gasteiger partial charge in [-0.1, -0.05) is 28.1 Å². The molecule has 0 saturated carbocycles. The third kappa shape index (κ3) is 2.40. The minimum Gasteiger partial charge on any atom is -0.220 e. The number of alkyl halides is 3. The van der Waals surface area contributed by atoms with Crippen LogP contribution < -0.4 is 0 Å². The Morgan fingerprint density at radius 3 is 2.35 bits per heavy atom. The fourth-order valence-electron chi connectivity index (χ4n) is 1.77. The number of hydrogen-bond acceptors (Lipinski definition) is 2. The van der Waals surface area contributed by atoms with Gasteiger partial charge in [0, 0.05) is 16.2 Å². The molecule has 3 rings (SSSR count). The standard InChI is InChI=1S/C13H7BrF3N3/c14-10-4-1-8(2-5-10)12-18-11-6-3-9(13(15,16)17)7-20(11)19-12/h1-7H. The molecule has 0 radical (unpaired) electrons. The third-order valence-corrected chi connectivity index (χ3v) is 3.29. The second-order valence-corrected chi connectivity index (χ2v) is 5.08. The van der Waals surface area contributed by atoms with Crippen LogP contribution in [-0.2, 0) is 6.18 Å². The Balaban J connectivity index is 2.09. The monoisotopic (exact) mass is 341 g/mol. The van der Waals surface area contributed by atoms with Crippen LogP contribution in [0.1, 0.15) is 5.56 Å². The van der Waals surface area contributed by atoms with Crippen LogP contribution in [0.5, 0.6) is 0 Å². The number of hydrogen-bond donors (Lipinski definition) is 0. The van der Waals surface area contributed by atoms with Gasteiger partial charge in [-0.3, -0.25) is 0 Å². The van der Waals surface area contributed by atoms with E-state index in [1.807, 2.05) is 12.1 Å². The lowest BCUT2D eigenvalue weighted by Gasteiger charge is -2.05. The third-order valence-electron chi connectivity index (χ3n) is 2.76. The molecule has 1 aromatic carbocycles. The van der Waals surface area contributed by atoms with Crippen molar-refractivity contribution < 1.29 is 13.2 Å². The summed E-state index contributed by atoms with van der Waals surface area (Å²) in [4.78, 5) is 4.20. The topological polar surface area (TPSA) is 30.2 Å². The van der Waals surface area contributed by atoms with Gasteiger partial charge in [-0.25, -0.2) is 9.50 Å². The lowest BCUT2D eigenvalue weighted by molar-refractivity contribution is -0.137. The highest BCUT2D eigenvalue weighted by Crippen LogP contribution is 2.29. The molecule has 0 saturated heterocycles. The zero-order valence-corrected chi connectivity index (χ0v) is 11.5. The molecule has 0 unspecified atom stereocenters. The van der Waals surface area contributed by atoms with E-state index in [1.165, 1.54) is 6.07 Å². The molecule has 0 amide bonds. The van der Waals surface area contributed by atoms with E-state index in [-0.39, 0.29) is 0 Å². The Labute approximate surface area is 120 Å². The summed E-state index contributed by atoms with van der Waals surface area (Å²) in [5, 5.41) is 4.08. The Morgan fingerprint density at radius 1 is 1.00 bits per heavy atom. The first-order chi connectivity index (χ1) is 9.43. The molecule has 102 valence electrons. The minimum atomic E-state index is -4.39. The molecule has 3 nitrogen and oxygen atoms in total. The molecule has 0 N–H and O–H groups in total. The number of fused-ring (bicyclic) bond motifs is 1. The van der Waals surface area contributed by atoms with E-state index < -0.39 is 11.7 Å². The molecule has 0 spiro atoms. The summed E-state index contributed by atoms with van der Waals surface area (Å²) in [7, 11) is 0. The number of aromatic nitrogens is 3. The predicted molar refractivity (Wildman–Crippen MR) is 71.1 cm³/mol. The van der Waals surface area contributed by atoms with E-state index in [0.717, 1.165) is 26.8 Å². The van der Waals surface area contributed by atoms with E-state index in [2.05, 4.69) is 26.0 Å². The maximum absolute atomic E-state index is 12.6. The van der Waals surface area contributed by atoms with Crippen LogP contribution in [-0.4, -0.2) is 14.6 Å². The summed E-state index contributed by atoms with van der Waals surface area (Å²) in [6, 6.07) is 9.53. The number of halogens is 4. The molecule has 0 bridgehead atoms. The first-order valence-corrected chi connectivity index (χ1v) is 6.42. The molecule has 0 aliphatic rings. The van der Waals surface area contributed by atoms with Gasteiger partial charge in [0.2, 0.25) is 0 Å². The molecule has 3 aromatic rings. The summed E-state index contributed by atoms with van der Waals surface area (Å²) in [6.45, 7) is 0. The highest BCUT2D eigenvalue weighted by Gasteiger charge is 2.31. The molecule has 2 aromatic heterocycles. The normalized spacial score (nSPS) is 12.0. The zero-order chi connectivity index (χ0) is 14.3. The molecule has 7 heteroatoms. The van der Waals surface area contributed by atoms with Gasteiger partial charge in [0.15, 0.2) is 11.5 Å². The SMILES string of the molecule is FC(F)(F)c1ccc2nc(-c3ccc(Br)cc3)nn2c1. The first kappa shape index (κ1) is 13.1. The van der Waals surface area contributed by atoms with E-state index in [4.69, 9.17) is 0 Å². The van der Waals surface area contributed by atoms with Gasteiger partial charge in [0.25, 0.3) is 0 Å². The molecule has 0 atom stereocenters. The van der Waals surface area contributed by atoms with Crippen LogP contribution >= 0.6 is 15.9 Å². The summed E-state index contributed by atoms with van der Waals surface area (Å²) < 4.78 is 39.9. The maximum Gasteiger partial charge on any atom is 0.417 e. The highest BCUT2D eigenvalue weighted by atomic mass is 79.9. The molecule has 0 aliphatic carbocycles. The second kappa shape index (κ2) is 4.59. The van der Waals surface area contributed by atoms with E-state index in [1.54, 1.807) is 12.1 Å². The highest BCUT2D eigenvalue weighted by molar-refractivity contribution is 9.10. The van der Waals surface area contributed by atoms with Crippen molar-refractivity contribution in [3.63, 3.8) is 0 Å². The number of rotatable bonds is 1. The van der Waals surface area contributed by atoms with Gasteiger partial charge in [-0.15, -0.1) is 5.10 Å². The second-order valence-electron chi connectivity index (χ2n) is 4.16. The van der Waals surface area contributed by atoms with Gasteiger partial charge in [-0.2, -0.15) is 13.2 Å². The Bertz CT molecular complexity index is 763. The predicted octanol–water partition coefficient (Wildman–Crippen LogP) is 4.18. The average molecular weight is 342 g/mol. The summed E-state index contributed by atoms with van der Waals surface area (Å²) in [5.74, 6) is 0.386. The smallest absolute Gasteiger partial charge is 0.220 e. The molecule has 0 fully saturated rings. The van der Waals surface area contributed by atoms with E-state index in [0.29, 0.717) is 11.5 Å². The largest absolute Gasteiger partial charge is 0.417 e. The lowest BCUT2D eigenvalue weighted by atomic mass is 10.2. The van der Waals surface area contributed by atoms with Crippen LogP contribution in [0.15, 0.2) is 47.1 Å². The van der Waals surface area contributed by atoms with Crippen LogP contribution in [0.2, 0.25) is 0 Å². The fraction of sp³-hybridized carbons (Fsp3) is 0.0769. The summed E-state index contributed by atoms with van der Waals surface area (Å²) >= 11 is 3.31. The van der Waals surface area contributed by atoms with Crippen molar-refractivity contribution in [1.29, 1.82) is 0 Å². The van der Waals surface area contributed by atoms with Crippen LogP contribution in [0.25, 0.3) is 17.0 Å². The molecule has 2 heterocycles. The molecular formula is C13H7BrF3N3. The van der Waals surface area contributed by atoms with Crippen molar-refractivity contribution in [1.82, 2.24) is 14.6 Å². The quantitative estimate of drug-likeness (QED) is 0.664. The fourth-order valence-corrected chi connectivity index (χ4v) is 2.04. The average Bonchev–Trinajstić information content (AvgIpc) is 2.81. The number of benzene rings is 1. The molecule has 0 aliphatic heterocycles. The first-order valence-electron chi connectivity index (χ1n) is 5.63.